The molecular weight excluding hydrogens is 278 g/mol. The summed E-state index contributed by atoms with van der Waals surface area (Å²) in [7, 11) is 0. The Bertz CT molecular complexity index is 509. The van der Waals surface area contributed by atoms with Crippen molar-refractivity contribution in [2.45, 2.75) is 38.0 Å². The van der Waals surface area contributed by atoms with Gasteiger partial charge in [0.05, 0.1) is 0 Å². The van der Waals surface area contributed by atoms with Gasteiger partial charge in [-0.1, -0.05) is 30.6 Å². The number of anilines is 1. The molecule has 2 heterocycles. The van der Waals surface area contributed by atoms with Crippen molar-refractivity contribution in [3.05, 3.63) is 17.0 Å². The van der Waals surface area contributed by atoms with Crippen LogP contribution in [0.1, 0.15) is 43.0 Å². The lowest BCUT2D eigenvalue weighted by Crippen LogP contribution is -2.21. The minimum Gasteiger partial charge on any atom is -0.494 e. The van der Waals surface area contributed by atoms with Crippen molar-refractivity contribution in [3.8, 4) is 0 Å². The van der Waals surface area contributed by atoms with Crippen LogP contribution in [0.15, 0.2) is 12.0 Å². The maximum absolute atomic E-state index is 11.9. The number of amides is 1. The number of carbonyl (C=O) groups is 1. The molecule has 0 radical (unpaired) electrons. The number of hydrogen-bond donors (Lipinski definition) is 1. The topological polar surface area (TPSA) is 73.3 Å². The molecule has 0 saturated heterocycles. The number of aromatic nitrogens is 2. The van der Waals surface area contributed by atoms with Gasteiger partial charge in [-0.05, 0) is 12.8 Å². The Morgan fingerprint density at radius 2 is 2.10 bits per heavy atom. The van der Waals surface area contributed by atoms with Gasteiger partial charge in [-0.2, -0.15) is 0 Å². The molecule has 1 aliphatic carbocycles. The SMILES string of the molecule is O=C(Nc1nnc(C2CCCCC2)s1)C1=COCCO1. The zero-order valence-electron chi connectivity index (χ0n) is 11.1. The summed E-state index contributed by atoms with van der Waals surface area (Å²) in [6, 6.07) is 0. The number of rotatable bonds is 3. The highest BCUT2D eigenvalue weighted by Crippen LogP contribution is 2.35. The van der Waals surface area contributed by atoms with Crippen molar-refractivity contribution >= 4 is 22.4 Å². The van der Waals surface area contributed by atoms with Crippen molar-refractivity contribution in [3.63, 3.8) is 0 Å². The molecule has 1 aromatic heterocycles. The van der Waals surface area contributed by atoms with Crippen LogP contribution >= 0.6 is 11.3 Å². The molecule has 0 spiro atoms. The zero-order chi connectivity index (χ0) is 13.8. The number of hydrogen-bond acceptors (Lipinski definition) is 6. The fourth-order valence-corrected chi connectivity index (χ4v) is 3.35. The predicted molar refractivity (Wildman–Crippen MR) is 74.4 cm³/mol. The predicted octanol–water partition coefficient (Wildman–Crippen LogP) is 2.41. The molecule has 3 rings (SSSR count). The van der Waals surface area contributed by atoms with E-state index < -0.39 is 0 Å². The highest BCUT2D eigenvalue weighted by atomic mass is 32.1. The lowest BCUT2D eigenvalue weighted by atomic mass is 9.90. The number of nitrogens with one attached hydrogen (secondary N) is 1. The molecule has 2 aliphatic rings. The molecule has 1 aromatic rings. The van der Waals surface area contributed by atoms with E-state index in [-0.39, 0.29) is 11.7 Å². The maximum atomic E-state index is 11.9. The third kappa shape index (κ3) is 3.09. The fraction of sp³-hybridized carbons (Fsp3) is 0.615. The lowest BCUT2D eigenvalue weighted by molar-refractivity contribution is -0.117. The molecule has 1 saturated carbocycles. The van der Waals surface area contributed by atoms with E-state index in [9.17, 15) is 4.79 Å². The quantitative estimate of drug-likeness (QED) is 0.927. The smallest absolute Gasteiger partial charge is 0.295 e. The van der Waals surface area contributed by atoms with E-state index in [0.717, 1.165) is 5.01 Å². The van der Waals surface area contributed by atoms with Crippen LogP contribution in [0.4, 0.5) is 5.13 Å². The largest absolute Gasteiger partial charge is 0.494 e. The van der Waals surface area contributed by atoms with Gasteiger partial charge < -0.3 is 9.47 Å². The van der Waals surface area contributed by atoms with Gasteiger partial charge in [-0.25, -0.2) is 0 Å². The van der Waals surface area contributed by atoms with E-state index in [0.29, 0.717) is 24.3 Å². The first-order chi connectivity index (χ1) is 9.83. The minimum atomic E-state index is -0.337. The highest BCUT2D eigenvalue weighted by molar-refractivity contribution is 7.15. The summed E-state index contributed by atoms with van der Waals surface area (Å²) in [5, 5.41) is 12.5. The molecule has 7 heteroatoms. The lowest BCUT2D eigenvalue weighted by Gasteiger charge is -2.18. The van der Waals surface area contributed by atoms with E-state index >= 15 is 0 Å². The molecule has 1 N–H and O–H groups in total. The second kappa shape index (κ2) is 6.21. The van der Waals surface area contributed by atoms with Gasteiger partial charge in [-0.3, -0.25) is 10.1 Å². The molecule has 1 aliphatic heterocycles. The monoisotopic (exact) mass is 295 g/mol. The van der Waals surface area contributed by atoms with Gasteiger partial charge in [0.2, 0.25) is 10.9 Å². The van der Waals surface area contributed by atoms with Gasteiger partial charge in [-0.15, -0.1) is 10.2 Å². The Labute approximate surface area is 121 Å². The Morgan fingerprint density at radius 3 is 2.85 bits per heavy atom. The summed E-state index contributed by atoms with van der Waals surface area (Å²) >= 11 is 1.45. The average molecular weight is 295 g/mol. The summed E-state index contributed by atoms with van der Waals surface area (Å²) < 4.78 is 10.3. The van der Waals surface area contributed by atoms with Crippen molar-refractivity contribution in [1.29, 1.82) is 0 Å². The Morgan fingerprint density at radius 1 is 1.25 bits per heavy atom. The van der Waals surface area contributed by atoms with E-state index in [2.05, 4.69) is 15.5 Å². The van der Waals surface area contributed by atoms with Crippen molar-refractivity contribution < 1.29 is 14.3 Å². The Hall–Kier alpha value is -1.63. The van der Waals surface area contributed by atoms with Crippen molar-refractivity contribution in [1.82, 2.24) is 10.2 Å². The molecule has 1 amide bonds. The number of carbonyl (C=O) groups excluding carboxylic acids is 1. The Balaban J connectivity index is 1.61. The van der Waals surface area contributed by atoms with Crippen LogP contribution in [0.25, 0.3) is 0 Å². The summed E-state index contributed by atoms with van der Waals surface area (Å²) in [5.74, 6) is 0.349. The standard InChI is InChI=1S/C13H17N3O3S/c17-11(10-8-18-6-7-19-10)14-13-16-15-12(20-13)9-4-2-1-3-5-9/h8-9H,1-7H2,(H,14,16,17). The molecule has 1 fully saturated rings. The molecular formula is C13H17N3O3S. The summed E-state index contributed by atoms with van der Waals surface area (Å²) in [4.78, 5) is 11.9. The molecule has 108 valence electrons. The van der Waals surface area contributed by atoms with Crippen LogP contribution in [0.3, 0.4) is 0 Å². The van der Waals surface area contributed by atoms with Crippen LogP contribution in [0, 0.1) is 0 Å². The summed E-state index contributed by atoms with van der Waals surface area (Å²) in [6.07, 6.45) is 7.50. The normalized spacial score (nSPS) is 19.7. The van der Waals surface area contributed by atoms with Gasteiger partial charge in [0.25, 0.3) is 5.91 Å². The average Bonchev–Trinajstić information content (AvgIpc) is 2.97. The molecule has 0 aromatic carbocycles. The Kier molecular flexibility index (Phi) is 4.15. The molecule has 6 nitrogen and oxygen atoms in total. The van der Waals surface area contributed by atoms with Crippen molar-refractivity contribution in [2.75, 3.05) is 18.5 Å². The van der Waals surface area contributed by atoms with E-state index in [1.807, 2.05) is 0 Å². The number of nitrogens with zero attached hydrogens (tertiary/aromatic N) is 2. The van der Waals surface area contributed by atoms with Crippen LogP contribution in [-0.4, -0.2) is 29.3 Å². The van der Waals surface area contributed by atoms with Gasteiger partial charge in [0.1, 0.15) is 24.5 Å². The fourth-order valence-electron chi connectivity index (χ4n) is 2.45. The van der Waals surface area contributed by atoms with Crippen LogP contribution in [-0.2, 0) is 14.3 Å². The second-order valence-corrected chi connectivity index (χ2v) is 5.94. The summed E-state index contributed by atoms with van der Waals surface area (Å²) in [5.41, 5.74) is 0. The van der Waals surface area contributed by atoms with E-state index in [1.54, 1.807) is 0 Å². The summed E-state index contributed by atoms with van der Waals surface area (Å²) in [6.45, 7) is 0.865. The van der Waals surface area contributed by atoms with Crippen molar-refractivity contribution in [2.24, 2.45) is 0 Å². The van der Waals surface area contributed by atoms with Gasteiger partial charge in [0, 0.05) is 5.92 Å². The first-order valence-electron chi connectivity index (χ1n) is 6.92. The van der Waals surface area contributed by atoms with Crippen LogP contribution in [0.2, 0.25) is 0 Å². The van der Waals surface area contributed by atoms with Crippen LogP contribution in [0.5, 0.6) is 0 Å². The van der Waals surface area contributed by atoms with Gasteiger partial charge in [0.15, 0.2) is 0 Å². The maximum Gasteiger partial charge on any atom is 0.295 e. The van der Waals surface area contributed by atoms with E-state index in [4.69, 9.17) is 9.47 Å². The molecule has 0 unspecified atom stereocenters. The minimum absolute atomic E-state index is 0.186. The third-order valence-corrected chi connectivity index (χ3v) is 4.49. The molecule has 0 atom stereocenters. The zero-order valence-corrected chi connectivity index (χ0v) is 11.9. The first kappa shape index (κ1) is 13.4. The third-order valence-electron chi connectivity index (χ3n) is 3.49. The van der Waals surface area contributed by atoms with Gasteiger partial charge >= 0.3 is 0 Å². The molecule has 0 bridgehead atoms. The first-order valence-corrected chi connectivity index (χ1v) is 7.74. The van der Waals surface area contributed by atoms with Crippen LogP contribution < -0.4 is 5.32 Å². The number of ether oxygens (including phenoxy) is 2. The highest BCUT2D eigenvalue weighted by Gasteiger charge is 2.21. The second-order valence-electron chi connectivity index (χ2n) is 4.94. The van der Waals surface area contributed by atoms with E-state index in [1.165, 1.54) is 49.7 Å². The molecule has 20 heavy (non-hydrogen) atoms.